The fourth-order valence-electron chi connectivity index (χ4n) is 3.61. The fourth-order valence-corrected chi connectivity index (χ4v) is 3.61. The molecule has 0 saturated carbocycles. The normalized spacial score (nSPS) is 11.0. The maximum absolute atomic E-state index is 9.68. The Bertz CT molecular complexity index is 932. The maximum atomic E-state index is 9.68. The summed E-state index contributed by atoms with van der Waals surface area (Å²) in [5.41, 5.74) is 2.55. The van der Waals surface area contributed by atoms with Crippen molar-refractivity contribution in [3.63, 3.8) is 0 Å². The molecule has 3 heteroatoms. The van der Waals surface area contributed by atoms with Gasteiger partial charge in [-0.15, -0.1) is 0 Å². The molecule has 0 saturated heterocycles. The Morgan fingerprint density at radius 3 is 1.50 bits per heavy atom. The number of nitrogens with zero attached hydrogens (tertiary/aromatic N) is 3. The molecule has 0 bridgehead atoms. The summed E-state index contributed by atoms with van der Waals surface area (Å²) in [6.07, 6.45) is 3.56. The van der Waals surface area contributed by atoms with E-state index in [2.05, 4.69) is 47.5 Å². The van der Waals surface area contributed by atoms with E-state index in [0.717, 1.165) is 16.7 Å². The second kappa shape index (κ2) is 6.70. The predicted molar refractivity (Wildman–Crippen MR) is 102 cm³/mol. The summed E-state index contributed by atoms with van der Waals surface area (Å²) < 4.78 is 1.97. The van der Waals surface area contributed by atoms with Crippen molar-refractivity contribution < 1.29 is 0 Å². The Kier molecular flexibility index (Phi) is 4.09. The minimum Gasteiger partial charge on any atom is -0.304 e. The predicted octanol–water partition coefficient (Wildman–Crippen LogP) is 4.59. The lowest BCUT2D eigenvalue weighted by Gasteiger charge is -2.37. The molecular weight excluding hydrogens is 318 g/mol. The Morgan fingerprint density at radius 2 is 1.12 bits per heavy atom. The molecule has 26 heavy (non-hydrogen) atoms. The highest BCUT2D eigenvalue weighted by Gasteiger charge is 2.39. The van der Waals surface area contributed by atoms with Crippen LogP contribution in [0.25, 0.3) is 0 Å². The van der Waals surface area contributed by atoms with Crippen molar-refractivity contribution in [3.8, 4) is 6.07 Å². The zero-order chi connectivity index (χ0) is 17.8. The first-order chi connectivity index (χ1) is 12.9. The van der Waals surface area contributed by atoms with E-state index in [0.29, 0.717) is 5.82 Å². The summed E-state index contributed by atoms with van der Waals surface area (Å²) in [4.78, 5) is 4.28. The first-order valence-electron chi connectivity index (χ1n) is 8.48. The van der Waals surface area contributed by atoms with Crippen molar-refractivity contribution in [2.75, 3.05) is 0 Å². The number of nitriles is 1. The maximum Gasteiger partial charge on any atom is 0.214 e. The number of aromatic nitrogens is 2. The fraction of sp³-hybridized carbons (Fsp3) is 0.0435. The molecule has 4 rings (SSSR count). The molecule has 3 nitrogen and oxygen atoms in total. The van der Waals surface area contributed by atoms with Crippen molar-refractivity contribution in [1.29, 1.82) is 5.26 Å². The van der Waals surface area contributed by atoms with Crippen molar-refractivity contribution in [2.45, 2.75) is 5.54 Å². The smallest absolute Gasteiger partial charge is 0.214 e. The van der Waals surface area contributed by atoms with Crippen LogP contribution in [0.4, 0.5) is 0 Å². The second-order valence-corrected chi connectivity index (χ2v) is 6.04. The van der Waals surface area contributed by atoms with Crippen LogP contribution in [0, 0.1) is 11.3 Å². The Morgan fingerprint density at radius 1 is 0.692 bits per heavy atom. The third kappa shape index (κ3) is 2.40. The van der Waals surface area contributed by atoms with E-state index in [4.69, 9.17) is 0 Å². The highest BCUT2D eigenvalue weighted by Crippen LogP contribution is 2.41. The molecule has 0 atom stereocenters. The third-order valence-electron chi connectivity index (χ3n) is 4.68. The standard InChI is InChI=1S/C23H17N3/c24-18-22-25-16-17-26(22)23(19-10-4-1-5-11-19,20-12-6-2-7-13-20)21-14-8-3-9-15-21/h1-17H. The molecule has 4 aromatic rings. The lowest BCUT2D eigenvalue weighted by atomic mass is 9.76. The molecule has 0 aliphatic heterocycles. The van der Waals surface area contributed by atoms with Crippen LogP contribution in [0.3, 0.4) is 0 Å². The monoisotopic (exact) mass is 335 g/mol. The van der Waals surface area contributed by atoms with Gasteiger partial charge in [0.05, 0.1) is 0 Å². The zero-order valence-corrected chi connectivity index (χ0v) is 14.2. The van der Waals surface area contributed by atoms with Gasteiger partial charge in [0.1, 0.15) is 11.6 Å². The van der Waals surface area contributed by atoms with Crippen molar-refractivity contribution in [1.82, 2.24) is 9.55 Å². The van der Waals surface area contributed by atoms with Gasteiger partial charge in [-0.1, -0.05) is 91.0 Å². The van der Waals surface area contributed by atoms with Gasteiger partial charge in [0, 0.05) is 12.4 Å². The number of rotatable bonds is 4. The van der Waals surface area contributed by atoms with E-state index in [1.54, 1.807) is 6.20 Å². The third-order valence-corrected chi connectivity index (χ3v) is 4.68. The van der Waals surface area contributed by atoms with Crippen LogP contribution in [-0.4, -0.2) is 9.55 Å². The van der Waals surface area contributed by atoms with Gasteiger partial charge < -0.3 is 4.57 Å². The largest absolute Gasteiger partial charge is 0.304 e. The summed E-state index contributed by atoms with van der Waals surface area (Å²) >= 11 is 0. The van der Waals surface area contributed by atoms with Crippen LogP contribution < -0.4 is 0 Å². The minimum absolute atomic E-state index is 0.376. The molecule has 124 valence electrons. The van der Waals surface area contributed by atoms with E-state index >= 15 is 0 Å². The molecule has 1 aromatic heterocycles. The summed E-state index contributed by atoms with van der Waals surface area (Å²) in [5.74, 6) is 0.376. The molecule has 0 radical (unpaired) electrons. The number of imidazole rings is 1. The van der Waals surface area contributed by atoms with Crippen molar-refractivity contribution in [2.24, 2.45) is 0 Å². The lowest BCUT2D eigenvalue weighted by molar-refractivity contribution is 0.509. The van der Waals surface area contributed by atoms with Gasteiger partial charge in [-0.3, -0.25) is 0 Å². The molecule has 0 aliphatic rings. The summed E-state index contributed by atoms with van der Waals surface area (Å²) in [5, 5.41) is 9.68. The van der Waals surface area contributed by atoms with Gasteiger partial charge in [0.25, 0.3) is 0 Å². The van der Waals surface area contributed by atoms with E-state index < -0.39 is 5.54 Å². The molecule has 0 amide bonds. The topological polar surface area (TPSA) is 41.6 Å². The van der Waals surface area contributed by atoms with Gasteiger partial charge in [0.15, 0.2) is 0 Å². The van der Waals surface area contributed by atoms with E-state index in [1.165, 1.54) is 0 Å². The van der Waals surface area contributed by atoms with Crippen LogP contribution in [0.5, 0.6) is 0 Å². The summed E-state index contributed by atoms with van der Waals surface area (Å²) in [7, 11) is 0. The van der Waals surface area contributed by atoms with E-state index in [-0.39, 0.29) is 0 Å². The highest BCUT2D eigenvalue weighted by atomic mass is 15.1. The first-order valence-corrected chi connectivity index (χ1v) is 8.48. The Labute approximate surface area is 152 Å². The Balaban J connectivity index is 2.17. The molecule has 1 heterocycles. The van der Waals surface area contributed by atoms with Crippen LogP contribution in [0.2, 0.25) is 0 Å². The summed E-state index contributed by atoms with van der Waals surface area (Å²) in [6.45, 7) is 0. The quantitative estimate of drug-likeness (QED) is 0.512. The van der Waals surface area contributed by atoms with Gasteiger partial charge >= 0.3 is 0 Å². The van der Waals surface area contributed by atoms with Gasteiger partial charge in [-0.25, -0.2) is 4.98 Å². The summed E-state index contributed by atoms with van der Waals surface area (Å²) in [6, 6.07) is 33.0. The van der Waals surface area contributed by atoms with E-state index in [9.17, 15) is 5.26 Å². The van der Waals surface area contributed by atoms with Crippen molar-refractivity contribution in [3.05, 3.63) is 126 Å². The van der Waals surface area contributed by atoms with Crippen LogP contribution in [-0.2, 0) is 5.54 Å². The number of hydrogen-bond acceptors (Lipinski definition) is 2. The van der Waals surface area contributed by atoms with Gasteiger partial charge in [-0.2, -0.15) is 5.26 Å². The molecule has 0 unspecified atom stereocenters. The molecular formula is C23H17N3. The van der Waals surface area contributed by atoms with Gasteiger partial charge in [-0.05, 0) is 16.7 Å². The minimum atomic E-state index is -0.675. The van der Waals surface area contributed by atoms with Crippen molar-refractivity contribution >= 4 is 0 Å². The highest BCUT2D eigenvalue weighted by molar-refractivity contribution is 5.51. The molecule has 3 aromatic carbocycles. The number of benzene rings is 3. The average Bonchev–Trinajstić information content (AvgIpc) is 3.20. The van der Waals surface area contributed by atoms with Crippen LogP contribution in [0.15, 0.2) is 103 Å². The second-order valence-electron chi connectivity index (χ2n) is 6.04. The molecule has 0 fully saturated rings. The zero-order valence-electron chi connectivity index (χ0n) is 14.2. The SMILES string of the molecule is N#Cc1nccn1C(c1ccccc1)(c1ccccc1)c1ccccc1. The van der Waals surface area contributed by atoms with Gasteiger partial charge in [0.2, 0.25) is 5.82 Å². The molecule has 0 aliphatic carbocycles. The average molecular weight is 335 g/mol. The number of hydrogen-bond donors (Lipinski definition) is 0. The molecule has 0 N–H and O–H groups in total. The first kappa shape index (κ1) is 15.9. The van der Waals surface area contributed by atoms with E-state index in [1.807, 2.05) is 65.4 Å². The Hall–Kier alpha value is -3.64. The lowest BCUT2D eigenvalue weighted by Crippen LogP contribution is -2.38. The molecule has 0 spiro atoms. The van der Waals surface area contributed by atoms with Crippen LogP contribution in [0.1, 0.15) is 22.5 Å². The van der Waals surface area contributed by atoms with Crippen LogP contribution >= 0.6 is 0 Å².